The van der Waals surface area contributed by atoms with Crippen LogP contribution in [0.25, 0.3) is 0 Å². The maximum absolute atomic E-state index is 11.8. The number of carbonyl (C=O) groups is 3. The Labute approximate surface area is 129 Å². The minimum atomic E-state index is -0.704. The summed E-state index contributed by atoms with van der Waals surface area (Å²) in [7, 11) is 0. The first kappa shape index (κ1) is 17.7. The van der Waals surface area contributed by atoms with Crippen LogP contribution in [0.2, 0.25) is 0 Å². The quantitative estimate of drug-likeness (QED) is 0.715. The molecule has 0 aliphatic rings. The number of rotatable bonds is 6. The molecule has 22 heavy (non-hydrogen) atoms. The van der Waals surface area contributed by atoms with Gasteiger partial charge in [-0.3, -0.25) is 14.4 Å². The predicted molar refractivity (Wildman–Crippen MR) is 80.6 cm³/mol. The van der Waals surface area contributed by atoms with Gasteiger partial charge < -0.3 is 20.4 Å². The highest BCUT2D eigenvalue weighted by Crippen LogP contribution is 2.12. The van der Waals surface area contributed by atoms with E-state index in [1.807, 2.05) is 0 Å². The maximum atomic E-state index is 11.8. The zero-order chi connectivity index (χ0) is 16.8. The Kier molecular flexibility index (Phi) is 6.15. The second-order valence-corrected chi connectivity index (χ2v) is 6.02. The van der Waals surface area contributed by atoms with Crippen LogP contribution >= 0.6 is 0 Å². The monoisotopic (exact) mass is 309 g/mol. The van der Waals surface area contributed by atoms with Gasteiger partial charge in [0.1, 0.15) is 11.8 Å². The molecule has 0 aliphatic carbocycles. The van der Waals surface area contributed by atoms with E-state index in [9.17, 15) is 14.4 Å². The van der Waals surface area contributed by atoms with E-state index in [-0.39, 0.29) is 24.9 Å². The van der Waals surface area contributed by atoms with Crippen LogP contribution in [0.1, 0.15) is 33.5 Å². The summed E-state index contributed by atoms with van der Waals surface area (Å²) in [4.78, 5) is 35.2. The SMILES string of the molecule is CC(NC(=O)C(C)(C)C)C(=O)NCC(=O)NCc1ccco1. The summed E-state index contributed by atoms with van der Waals surface area (Å²) in [5, 5.41) is 7.68. The fraction of sp³-hybridized carbons (Fsp3) is 0.533. The standard InChI is InChI=1S/C15H23N3O4/c1-10(18-14(21)15(2,3)4)13(20)17-9-12(19)16-8-11-6-5-7-22-11/h5-7,10H,8-9H2,1-4H3,(H,16,19)(H,17,20)(H,18,21). The molecule has 1 aromatic rings. The van der Waals surface area contributed by atoms with Crippen molar-refractivity contribution in [3.8, 4) is 0 Å². The Morgan fingerprint density at radius 3 is 2.45 bits per heavy atom. The number of hydrogen-bond donors (Lipinski definition) is 3. The largest absolute Gasteiger partial charge is 0.467 e. The summed E-state index contributed by atoms with van der Waals surface area (Å²) in [6.45, 7) is 6.95. The van der Waals surface area contributed by atoms with Crippen molar-refractivity contribution in [2.45, 2.75) is 40.3 Å². The molecular weight excluding hydrogens is 286 g/mol. The van der Waals surface area contributed by atoms with Gasteiger partial charge in [-0.25, -0.2) is 0 Å². The van der Waals surface area contributed by atoms with Gasteiger partial charge in [-0.2, -0.15) is 0 Å². The number of furan rings is 1. The summed E-state index contributed by atoms with van der Waals surface area (Å²) in [5.41, 5.74) is -0.574. The molecule has 0 fully saturated rings. The summed E-state index contributed by atoms with van der Waals surface area (Å²) in [6.07, 6.45) is 1.52. The zero-order valence-corrected chi connectivity index (χ0v) is 13.4. The van der Waals surface area contributed by atoms with Crippen LogP contribution in [-0.4, -0.2) is 30.3 Å². The molecule has 3 N–H and O–H groups in total. The van der Waals surface area contributed by atoms with Gasteiger partial charge >= 0.3 is 0 Å². The molecule has 7 heteroatoms. The number of nitrogens with one attached hydrogen (secondary N) is 3. The van der Waals surface area contributed by atoms with Crippen LogP contribution in [0.5, 0.6) is 0 Å². The normalized spacial score (nSPS) is 12.4. The van der Waals surface area contributed by atoms with Crippen molar-refractivity contribution in [3.63, 3.8) is 0 Å². The first-order chi connectivity index (χ1) is 10.2. The third-order valence-electron chi connectivity index (χ3n) is 2.89. The van der Waals surface area contributed by atoms with Crippen molar-refractivity contribution in [2.75, 3.05) is 6.54 Å². The zero-order valence-electron chi connectivity index (χ0n) is 13.4. The minimum absolute atomic E-state index is 0.157. The van der Waals surface area contributed by atoms with Crippen LogP contribution in [0, 0.1) is 5.41 Å². The topological polar surface area (TPSA) is 100 Å². The fourth-order valence-corrected chi connectivity index (χ4v) is 1.46. The molecular formula is C15H23N3O4. The molecule has 0 bridgehead atoms. The van der Waals surface area contributed by atoms with E-state index in [4.69, 9.17) is 4.42 Å². The second-order valence-electron chi connectivity index (χ2n) is 6.02. The summed E-state index contributed by atoms with van der Waals surface area (Å²) < 4.78 is 5.07. The van der Waals surface area contributed by atoms with Crippen molar-refractivity contribution >= 4 is 17.7 Å². The van der Waals surface area contributed by atoms with Crippen molar-refractivity contribution in [1.29, 1.82) is 0 Å². The lowest BCUT2D eigenvalue weighted by atomic mass is 9.95. The summed E-state index contributed by atoms with van der Waals surface area (Å²) >= 11 is 0. The van der Waals surface area contributed by atoms with E-state index in [1.165, 1.54) is 6.26 Å². The van der Waals surface area contributed by atoms with Gasteiger partial charge in [0.2, 0.25) is 17.7 Å². The van der Waals surface area contributed by atoms with Crippen LogP contribution in [0.15, 0.2) is 22.8 Å². The highest BCUT2D eigenvalue weighted by molar-refractivity contribution is 5.91. The molecule has 1 aromatic heterocycles. The van der Waals surface area contributed by atoms with Crippen molar-refractivity contribution in [3.05, 3.63) is 24.2 Å². The summed E-state index contributed by atoms with van der Waals surface area (Å²) in [5.74, 6) is -0.340. The second kappa shape index (κ2) is 7.63. The first-order valence-electron chi connectivity index (χ1n) is 7.08. The van der Waals surface area contributed by atoms with Crippen LogP contribution in [0.3, 0.4) is 0 Å². The van der Waals surface area contributed by atoms with E-state index in [0.29, 0.717) is 5.76 Å². The molecule has 0 spiro atoms. The Bertz CT molecular complexity index is 517. The highest BCUT2D eigenvalue weighted by Gasteiger charge is 2.25. The van der Waals surface area contributed by atoms with Crippen LogP contribution in [0.4, 0.5) is 0 Å². The first-order valence-corrected chi connectivity index (χ1v) is 7.08. The fourth-order valence-electron chi connectivity index (χ4n) is 1.46. The Balaban J connectivity index is 2.29. The molecule has 1 heterocycles. The molecule has 0 radical (unpaired) electrons. The molecule has 0 saturated heterocycles. The van der Waals surface area contributed by atoms with Gasteiger partial charge in [-0.05, 0) is 19.1 Å². The average molecular weight is 309 g/mol. The molecule has 1 atom stereocenters. The molecule has 0 saturated carbocycles. The van der Waals surface area contributed by atoms with Crippen molar-refractivity contribution in [1.82, 2.24) is 16.0 Å². The maximum Gasteiger partial charge on any atom is 0.242 e. The van der Waals surface area contributed by atoms with E-state index in [0.717, 1.165) is 0 Å². The molecule has 0 aromatic carbocycles. The van der Waals surface area contributed by atoms with Gasteiger partial charge in [0.15, 0.2) is 0 Å². The third-order valence-corrected chi connectivity index (χ3v) is 2.89. The van der Waals surface area contributed by atoms with Crippen LogP contribution < -0.4 is 16.0 Å². The molecule has 1 unspecified atom stereocenters. The lowest BCUT2D eigenvalue weighted by molar-refractivity contribution is -0.133. The average Bonchev–Trinajstić information content (AvgIpc) is 2.94. The number of hydrogen-bond acceptors (Lipinski definition) is 4. The number of amides is 3. The van der Waals surface area contributed by atoms with Gasteiger partial charge in [-0.15, -0.1) is 0 Å². The van der Waals surface area contributed by atoms with E-state index in [2.05, 4.69) is 16.0 Å². The predicted octanol–water partition coefficient (Wildman–Crippen LogP) is 0.563. The molecule has 3 amide bonds. The molecule has 1 rings (SSSR count). The van der Waals surface area contributed by atoms with Gasteiger partial charge in [0.25, 0.3) is 0 Å². The van der Waals surface area contributed by atoms with Crippen LogP contribution in [-0.2, 0) is 20.9 Å². The van der Waals surface area contributed by atoms with Crippen molar-refractivity contribution in [2.24, 2.45) is 5.41 Å². The van der Waals surface area contributed by atoms with E-state index in [1.54, 1.807) is 39.8 Å². The highest BCUT2D eigenvalue weighted by atomic mass is 16.3. The Morgan fingerprint density at radius 1 is 1.23 bits per heavy atom. The Hall–Kier alpha value is -2.31. The summed E-state index contributed by atoms with van der Waals surface area (Å²) in [6, 6.07) is 2.76. The van der Waals surface area contributed by atoms with E-state index >= 15 is 0 Å². The smallest absolute Gasteiger partial charge is 0.242 e. The van der Waals surface area contributed by atoms with Gasteiger partial charge in [0, 0.05) is 5.41 Å². The minimum Gasteiger partial charge on any atom is -0.467 e. The molecule has 7 nitrogen and oxygen atoms in total. The van der Waals surface area contributed by atoms with E-state index < -0.39 is 17.4 Å². The number of carbonyl (C=O) groups excluding carboxylic acids is 3. The lowest BCUT2D eigenvalue weighted by Gasteiger charge is -2.21. The Morgan fingerprint density at radius 2 is 1.91 bits per heavy atom. The molecule has 0 aliphatic heterocycles. The van der Waals surface area contributed by atoms with Gasteiger partial charge in [-0.1, -0.05) is 20.8 Å². The third kappa shape index (κ3) is 5.99. The van der Waals surface area contributed by atoms with Gasteiger partial charge in [0.05, 0.1) is 19.4 Å². The van der Waals surface area contributed by atoms with Crippen molar-refractivity contribution < 1.29 is 18.8 Å². The molecule has 122 valence electrons. The lowest BCUT2D eigenvalue weighted by Crippen LogP contribution is -2.49.